The van der Waals surface area contributed by atoms with Gasteiger partial charge in [0.1, 0.15) is 5.82 Å². The van der Waals surface area contributed by atoms with Crippen molar-refractivity contribution in [3.05, 3.63) is 10.7 Å². The molecule has 2 rings (SSSR count). The van der Waals surface area contributed by atoms with Crippen molar-refractivity contribution in [3.63, 3.8) is 0 Å². The maximum absolute atomic E-state index is 4.56. The molecule has 1 aromatic heterocycles. The zero-order valence-electron chi connectivity index (χ0n) is 11.7. The first-order valence-electron chi connectivity index (χ1n) is 7.23. The zero-order chi connectivity index (χ0) is 13.7. The number of aromatic nitrogens is 2. The van der Waals surface area contributed by atoms with Crippen LogP contribution in [0.25, 0.3) is 0 Å². The molecule has 19 heavy (non-hydrogen) atoms. The summed E-state index contributed by atoms with van der Waals surface area (Å²) in [6.45, 7) is 5.36. The van der Waals surface area contributed by atoms with Gasteiger partial charge in [0.05, 0.1) is 4.47 Å². The Bertz CT molecular complexity index is 410. The van der Waals surface area contributed by atoms with E-state index in [0.29, 0.717) is 17.9 Å². The number of nitrogens with zero attached hydrogens (tertiary/aromatic N) is 2. The molecule has 4 nitrogen and oxygen atoms in total. The molecule has 0 aliphatic heterocycles. The lowest BCUT2D eigenvalue weighted by molar-refractivity contribution is 0.349. The van der Waals surface area contributed by atoms with E-state index in [-0.39, 0.29) is 0 Å². The standard InChI is InChI=1S/C14H23BrN4/c1-3-8-16-14-17-9-11(15)13(19-14)18-12-7-5-4-6-10(12)2/h9-10,12H,3-8H2,1-2H3,(H2,16,17,18,19). The Morgan fingerprint density at radius 3 is 2.89 bits per heavy atom. The Labute approximate surface area is 123 Å². The minimum absolute atomic E-state index is 0.527. The summed E-state index contributed by atoms with van der Waals surface area (Å²) >= 11 is 3.53. The second-order valence-electron chi connectivity index (χ2n) is 5.33. The summed E-state index contributed by atoms with van der Waals surface area (Å²) in [4.78, 5) is 8.84. The molecular formula is C14H23BrN4. The Hall–Kier alpha value is -0.840. The van der Waals surface area contributed by atoms with E-state index < -0.39 is 0 Å². The molecule has 1 aliphatic carbocycles. The second-order valence-corrected chi connectivity index (χ2v) is 6.18. The molecule has 2 N–H and O–H groups in total. The first-order chi connectivity index (χ1) is 9.20. The number of halogens is 1. The second kappa shape index (κ2) is 7.08. The predicted octanol–water partition coefficient (Wildman–Crippen LogP) is 4.05. The minimum atomic E-state index is 0.527. The minimum Gasteiger partial charge on any atom is -0.366 e. The SMILES string of the molecule is CCCNc1ncc(Br)c(NC2CCCCC2C)n1. The molecule has 0 spiro atoms. The van der Waals surface area contributed by atoms with Crippen molar-refractivity contribution in [2.75, 3.05) is 17.2 Å². The summed E-state index contributed by atoms with van der Waals surface area (Å²) in [5.41, 5.74) is 0. The number of nitrogens with one attached hydrogen (secondary N) is 2. The lowest BCUT2D eigenvalue weighted by atomic mass is 9.86. The fourth-order valence-electron chi connectivity index (χ4n) is 2.50. The maximum atomic E-state index is 4.56. The van der Waals surface area contributed by atoms with Gasteiger partial charge in [-0.15, -0.1) is 0 Å². The van der Waals surface area contributed by atoms with Gasteiger partial charge in [0.2, 0.25) is 5.95 Å². The Balaban J connectivity index is 2.05. The van der Waals surface area contributed by atoms with Crippen molar-refractivity contribution < 1.29 is 0 Å². The molecule has 0 aromatic carbocycles. The monoisotopic (exact) mass is 326 g/mol. The van der Waals surface area contributed by atoms with Crippen LogP contribution in [0, 0.1) is 5.92 Å². The molecule has 5 heteroatoms. The zero-order valence-corrected chi connectivity index (χ0v) is 13.3. The molecule has 0 bridgehead atoms. The average molecular weight is 327 g/mol. The van der Waals surface area contributed by atoms with Crippen LogP contribution in [-0.4, -0.2) is 22.6 Å². The Kier molecular flexibility index (Phi) is 5.43. The summed E-state index contributed by atoms with van der Waals surface area (Å²) in [6.07, 6.45) is 8.10. The molecule has 0 saturated heterocycles. The summed E-state index contributed by atoms with van der Waals surface area (Å²) in [7, 11) is 0. The van der Waals surface area contributed by atoms with Crippen LogP contribution < -0.4 is 10.6 Å². The average Bonchev–Trinajstić information content (AvgIpc) is 2.42. The van der Waals surface area contributed by atoms with E-state index in [9.17, 15) is 0 Å². The highest BCUT2D eigenvalue weighted by Crippen LogP contribution is 2.29. The third kappa shape index (κ3) is 4.06. The highest BCUT2D eigenvalue weighted by Gasteiger charge is 2.22. The van der Waals surface area contributed by atoms with E-state index in [4.69, 9.17) is 0 Å². The van der Waals surface area contributed by atoms with E-state index in [1.165, 1.54) is 25.7 Å². The van der Waals surface area contributed by atoms with Gasteiger partial charge in [-0.05, 0) is 41.1 Å². The molecule has 1 fully saturated rings. The van der Waals surface area contributed by atoms with Crippen molar-refractivity contribution in [1.82, 2.24) is 9.97 Å². The number of anilines is 2. The molecule has 1 saturated carbocycles. The van der Waals surface area contributed by atoms with Gasteiger partial charge < -0.3 is 10.6 Å². The van der Waals surface area contributed by atoms with Gasteiger partial charge in [0, 0.05) is 18.8 Å². The molecule has 2 unspecified atom stereocenters. The van der Waals surface area contributed by atoms with Crippen molar-refractivity contribution >= 4 is 27.7 Å². The third-order valence-electron chi connectivity index (χ3n) is 3.71. The van der Waals surface area contributed by atoms with Gasteiger partial charge in [-0.2, -0.15) is 4.98 Å². The number of rotatable bonds is 5. The van der Waals surface area contributed by atoms with Gasteiger partial charge in [-0.3, -0.25) is 0 Å². The molecular weight excluding hydrogens is 304 g/mol. The van der Waals surface area contributed by atoms with Crippen molar-refractivity contribution in [2.45, 2.75) is 52.0 Å². The van der Waals surface area contributed by atoms with Gasteiger partial charge >= 0.3 is 0 Å². The van der Waals surface area contributed by atoms with Gasteiger partial charge in [-0.25, -0.2) is 4.98 Å². The fraction of sp³-hybridized carbons (Fsp3) is 0.714. The first kappa shape index (κ1) is 14.6. The van der Waals surface area contributed by atoms with Crippen LogP contribution in [0.4, 0.5) is 11.8 Å². The van der Waals surface area contributed by atoms with Crippen LogP contribution in [0.5, 0.6) is 0 Å². The highest BCUT2D eigenvalue weighted by molar-refractivity contribution is 9.10. The van der Waals surface area contributed by atoms with E-state index in [0.717, 1.165) is 23.3 Å². The van der Waals surface area contributed by atoms with Gasteiger partial charge in [0.25, 0.3) is 0 Å². The van der Waals surface area contributed by atoms with E-state index in [2.05, 4.69) is 50.4 Å². The molecule has 0 radical (unpaired) electrons. The van der Waals surface area contributed by atoms with Crippen LogP contribution in [-0.2, 0) is 0 Å². The lowest BCUT2D eigenvalue weighted by Gasteiger charge is -2.30. The maximum Gasteiger partial charge on any atom is 0.224 e. The van der Waals surface area contributed by atoms with Crippen LogP contribution in [0.3, 0.4) is 0 Å². The van der Waals surface area contributed by atoms with Crippen LogP contribution in [0.2, 0.25) is 0 Å². The van der Waals surface area contributed by atoms with Crippen LogP contribution in [0.1, 0.15) is 46.0 Å². The van der Waals surface area contributed by atoms with E-state index in [1.54, 1.807) is 0 Å². The summed E-state index contributed by atoms with van der Waals surface area (Å²) in [6, 6.07) is 0.527. The Morgan fingerprint density at radius 2 is 2.16 bits per heavy atom. The highest BCUT2D eigenvalue weighted by atomic mass is 79.9. The molecule has 1 aliphatic rings. The summed E-state index contributed by atoms with van der Waals surface area (Å²) in [5.74, 6) is 2.33. The van der Waals surface area contributed by atoms with Crippen molar-refractivity contribution in [1.29, 1.82) is 0 Å². The van der Waals surface area contributed by atoms with Crippen LogP contribution in [0.15, 0.2) is 10.7 Å². The van der Waals surface area contributed by atoms with Crippen molar-refractivity contribution in [3.8, 4) is 0 Å². The lowest BCUT2D eigenvalue weighted by Crippen LogP contribution is -2.31. The smallest absolute Gasteiger partial charge is 0.224 e. The Morgan fingerprint density at radius 1 is 1.37 bits per heavy atom. The predicted molar refractivity (Wildman–Crippen MR) is 83.6 cm³/mol. The molecule has 1 heterocycles. The normalized spacial score (nSPS) is 23.1. The van der Waals surface area contributed by atoms with Crippen molar-refractivity contribution in [2.24, 2.45) is 5.92 Å². The quantitative estimate of drug-likeness (QED) is 0.856. The molecule has 0 amide bonds. The first-order valence-corrected chi connectivity index (χ1v) is 8.03. The van der Waals surface area contributed by atoms with E-state index in [1.807, 2.05) is 6.20 Å². The largest absolute Gasteiger partial charge is 0.366 e. The summed E-state index contributed by atoms with van der Waals surface area (Å²) < 4.78 is 0.937. The molecule has 1 aromatic rings. The van der Waals surface area contributed by atoms with Gasteiger partial charge in [-0.1, -0.05) is 26.7 Å². The third-order valence-corrected chi connectivity index (χ3v) is 4.29. The van der Waals surface area contributed by atoms with Crippen LogP contribution >= 0.6 is 15.9 Å². The number of hydrogen-bond acceptors (Lipinski definition) is 4. The molecule has 106 valence electrons. The summed E-state index contributed by atoms with van der Waals surface area (Å²) in [5, 5.41) is 6.81. The van der Waals surface area contributed by atoms with Gasteiger partial charge in [0.15, 0.2) is 0 Å². The van der Waals surface area contributed by atoms with E-state index >= 15 is 0 Å². The fourth-order valence-corrected chi connectivity index (χ4v) is 2.80. The number of hydrogen-bond donors (Lipinski definition) is 2. The molecule has 2 atom stereocenters. The topological polar surface area (TPSA) is 49.8 Å².